The molecule has 4 heterocycles. The summed E-state index contributed by atoms with van der Waals surface area (Å²) in [5.41, 5.74) is 3.35. The lowest BCUT2D eigenvalue weighted by Gasteiger charge is -2.11. The molecule has 1 N–H and O–H groups in total. The molecule has 2 aromatic carbocycles. The largest absolute Gasteiger partial charge is 0.467 e. The molecule has 0 radical (unpaired) electrons. The molecule has 39 heavy (non-hydrogen) atoms. The van der Waals surface area contributed by atoms with Gasteiger partial charge in [-0.15, -0.1) is 0 Å². The number of anilines is 1. The number of carbonyl (C=O) groups is 1. The highest BCUT2D eigenvalue weighted by Gasteiger charge is 2.31. The normalized spacial score (nSPS) is 14.2. The average Bonchev–Trinajstić information content (AvgIpc) is 3.70. The second kappa shape index (κ2) is 10.0. The maximum absolute atomic E-state index is 13.1. The van der Waals surface area contributed by atoms with Gasteiger partial charge < -0.3 is 9.73 Å². The van der Waals surface area contributed by atoms with Gasteiger partial charge in [-0.3, -0.25) is 9.69 Å². The minimum Gasteiger partial charge on any atom is -0.467 e. The first-order chi connectivity index (χ1) is 18.8. The molecule has 3 aromatic heterocycles. The molecule has 7 nitrogen and oxygen atoms in total. The van der Waals surface area contributed by atoms with Gasteiger partial charge in [0, 0.05) is 34.1 Å². The first-order valence-electron chi connectivity index (χ1n) is 12.6. The van der Waals surface area contributed by atoms with Crippen molar-refractivity contribution in [1.82, 2.24) is 19.5 Å². The SMILES string of the molecule is O=C(Nc1cccc(-c2ccnc3c(-c4coc(CN5CCCC5)c4)cnn23)c1)c1cccc(C(F)(F)F)c1. The number of amides is 1. The highest BCUT2D eigenvalue weighted by atomic mass is 19.4. The van der Waals surface area contributed by atoms with Crippen molar-refractivity contribution in [2.75, 3.05) is 18.4 Å². The van der Waals surface area contributed by atoms with Gasteiger partial charge in [0.15, 0.2) is 5.65 Å². The summed E-state index contributed by atoms with van der Waals surface area (Å²) in [6.07, 6.45) is 3.05. The molecule has 10 heteroatoms. The van der Waals surface area contributed by atoms with E-state index in [1.165, 1.54) is 25.0 Å². The minimum atomic E-state index is -4.53. The number of halogens is 3. The van der Waals surface area contributed by atoms with Crippen LogP contribution in [0.3, 0.4) is 0 Å². The number of hydrogen-bond acceptors (Lipinski definition) is 5. The molecule has 198 valence electrons. The summed E-state index contributed by atoms with van der Waals surface area (Å²) >= 11 is 0. The monoisotopic (exact) mass is 531 g/mol. The molecule has 0 unspecified atom stereocenters. The van der Waals surface area contributed by atoms with E-state index in [0.717, 1.165) is 59.9 Å². The van der Waals surface area contributed by atoms with E-state index in [9.17, 15) is 18.0 Å². The van der Waals surface area contributed by atoms with Gasteiger partial charge in [0.2, 0.25) is 0 Å². The summed E-state index contributed by atoms with van der Waals surface area (Å²) < 4.78 is 46.7. The Hall–Kier alpha value is -4.44. The van der Waals surface area contributed by atoms with Crippen LogP contribution in [-0.4, -0.2) is 38.5 Å². The van der Waals surface area contributed by atoms with Crippen LogP contribution in [0, 0.1) is 0 Å². The van der Waals surface area contributed by atoms with Crippen LogP contribution >= 0.6 is 0 Å². The number of alkyl halides is 3. The molecule has 0 atom stereocenters. The molecule has 1 fully saturated rings. The summed E-state index contributed by atoms with van der Waals surface area (Å²) in [7, 11) is 0. The summed E-state index contributed by atoms with van der Waals surface area (Å²) in [6.45, 7) is 2.94. The van der Waals surface area contributed by atoms with Gasteiger partial charge >= 0.3 is 6.18 Å². The van der Waals surface area contributed by atoms with E-state index in [1.807, 2.05) is 18.2 Å². The number of carbonyl (C=O) groups excluding carboxylic acids is 1. The Kier molecular flexibility index (Phi) is 6.40. The second-order valence-electron chi connectivity index (χ2n) is 9.52. The van der Waals surface area contributed by atoms with Crippen LogP contribution in [0.25, 0.3) is 28.0 Å². The topological polar surface area (TPSA) is 75.7 Å². The third-order valence-corrected chi connectivity index (χ3v) is 6.81. The molecule has 1 aliphatic heterocycles. The second-order valence-corrected chi connectivity index (χ2v) is 9.52. The molecule has 5 aromatic rings. The molecule has 0 spiro atoms. The van der Waals surface area contributed by atoms with Crippen molar-refractivity contribution in [3.8, 4) is 22.4 Å². The molecule has 1 saturated heterocycles. The van der Waals surface area contributed by atoms with E-state index in [4.69, 9.17) is 4.42 Å². The number of nitrogens with one attached hydrogen (secondary N) is 1. The van der Waals surface area contributed by atoms with Gasteiger partial charge in [0.1, 0.15) is 5.76 Å². The number of aromatic nitrogens is 3. The lowest BCUT2D eigenvalue weighted by Crippen LogP contribution is -2.17. The van der Waals surface area contributed by atoms with Crippen molar-refractivity contribution in [3.63, 3.8) is 0 Å². The molecular formula is C29H24F3N5O2. The van der Waals surface area contributed by atoms with Gasteiger partial charge in [0.05, 0.1) is 30.3 Å². The Morgan fingerprint density at radius 3 is 2.64 bits per heavy atom. The van der Waals surface area contributed by atoms with Crippen molar-refractivity contribution < 1.29 is 22.4 Å². The lowest BCUT2D eigenvalue weighted by atomic mass is 10.1. The van der Waals surface area contributed by atoms with Crippen LogP contribution < -0.4 is 5.32 Å². The van der Waals surface area contributed by atoms with Crippen LogP contribution in [0.5, 0.6) is 0 Å². The number of benzene rings is 2. The quantitative estimate of drug-likeness (QED) is 0.270. The third kappa shape index (κ3) is 5.15. The zero-order valence-electron chi connectivity index (χ0n) is 20.8. The Labute approximate surface area is 221 Å². The fraction of sp³-hybridized carbons (Fsp3) is 0.207. The van der Waals surface area contributed by atoms with E-state index in [1.54, 1.807) is 41.4 Å². The maximum Gasteiger partial charge on any atom is 0.416 e. The first kappa shape index (κ1) is 24.9. The van der Waals surface area contributed by atoms with Gasteiger partial charge in [-0.25, -0.2) is 9.50 Å². The fourth-order valence-electron chi connectivity index (χ4n) is 4.88. The summed E-state index contributed by atoms with van der Waals surface area (Å²) in [5.74, 6) is 0.260. The number of rotatable bonds is 6. The molecule has 0 saturated carbocycles. The first-order valence-corrected chi connectivity index (χ1v) is 12.6. The molecule has 0 aliphatic carbocycles. The molecule has 0 bridgehead atoms. The summed E-state index contributed by atoms with van der Waals surface area (Å²) in [4.78, 5) is 19.6. The van der Waals surface area contributed by atoms with E-state index in [-0.39, 0.29) is 5.56 Å². The Morgan fingerprint density at radius 1 is 1.00 bits per heavy atom. The fourth-order valence-corrected chi connectivity index (χ4v) is 4.88. The van der Waals surface area contributed by atoms with Crippen molar-refractivity contribution in [3.05, 3.63) is 96.2 Å². The smallest absolute Gasteiger partial charge is 0.416 e. The standard InChI is InChI=1S/C29H24F3N5O2/c30-29(31,32)22-7-3-6-20(13-22)28(38)35-23-8-4-5-19(14-23)26-9-10-33-27-25(16-34-37(26)27)21-15-24(39-18-21)17-36-11-1-2-12-36/h3-10,13-16,18H,1-2,11-12,17H2,(H,35,38). The lowest BCUT2D eigenvalue weighted by molar-refractivity contribution is -0.137. The van der Waals surface area contributed by atoms with Crippen LogP contribution in [-0.2, 0) is 12.7 Å². The third-order valence-electron chi connectivity index (χ3n) is 6.81. The Balaban J connectivity index is 1.25. The minimum absolute atomic E-state index is 0.0811. The van der Waals surface area contributed by atoms with Crippen molar-refractivity contribution in [2.45, 2.75) is 25.6 Å². The number of nitrogens with zero attached hydrogens (tertiary/aromatic N) is 4. The molecular weight excluding hydrogens is 507 g/mol. The summed E-state index contributed by atoms with van der Waals surface area (Å²) in [6, 6.07) is 15.2. The summed E-state index contributed by atoms with van der Waals surface area (Å²) in [5, 5.41) is 7.25. The van der Waals surface area contributed by atoms with Crippen LogP contribution in [0.2, 0.25) is 0 Å². The predicted octanol–water partition coefficient (Wildman–Crippen LogP) is 6.52. The zero-order chi connectivity index (χ0) is 27.0. The number of hydrogen-bond donors (Lipinski definition) is 1. The number of likely N-dealkylation sites (tertiary alicyclic amines) is 1. The van der Waals surface area contributed by atoms with Crippen molar-refractivity contribution in [2.24, 2.45) is 0 Å². The van der Waals surface area contributed by atoms with Gasteiger partial charge in [-0.05, 0) is 68.4 Å². The molecule has 1 amide bonds. The van der Waals surface area contributed by atoms with Crippen LogP contribution in [0.1, 0.15) is 34.5 Å². The van der Waals surface area contributed by atoms with Gasteiger partial charge in [-0.2, -0.15) is 18.3 Å². The number of furan rings is 1. The number of fused-ring (bicyclic) bond motifs is 1. The van der Waals surface area contributed by atoms with Crippen molar-refractivity contribution >= 4 is 17.2 Å². The van der Waals surface area contributed by atoms with E-state index in [2.05, 4.69) is 20.3 Å². The van der Waals surface area contributed by atoms with Crippen LogP contribution in [0.4, 0.5) is 18.9 Å². The molecule has 6 rings (SSSR count). The highest BCUT2D eigenvalue weighted by molar-refractivity contribution is 6.04. The highest BCUT2D eigenvalue weighted by Crippen LogP contribution is 2.31. The van der Waals surface area contributed by atoms with E-state index >= 15 is 0 Å². The zero-order valence-corrected chi connectivity index (χ0v) is 20.8. The van der Waals surface area contributed by atoms with Crippen LogP contribution in [0.15, 0.2) is 83.7 Å². The maximum atomic E-state index is 13.1. The van der Waals surface area contributed by atoms with Gasteiger partial charge in [0.25, 0.3) is 5.91 Å². The Bertz CT molecular complexity index is 1650. The predicted molar refractivity (Wildman–Crippen MR) is 140 cm³/mol. The van der Waals surface area contributed by atoms with Crippen molar-refractivity contribution in [1.29, 1.82) is 0 Å². The Morgan fingerprint density at radius 2 is 1.82 bits per heavy atom. The molecule has 1 aliphatic rings. The van der Waals surface area contributed by atoms with E-state index < -0.39 is 17.6 Å². The average molecular weight is 532 g/mol. The van der Waals surface area contributed by atoms with E-state index in [0.29, 0.717) is 11.3 Å². The van der Waals surface area contributed by atoms with Gasteiger partial charge in [-0.1, -0.05) is 18.2 Å².